The molecule has 0 aliphatic carbocycles. The zero-order valence-corrected chi connectivity index (χ0v) is 12.5. The van der Waals surface area contributed by atoms with Crippen LogP contribution in [0, 0.1) is 0 Å². The molecule has 1 aromatic rings. The van der Waals surface area contributed by atoms with E-state index in [0.29, 0.717) is 17.3 Å². The number of esters is 1. The maximum absolute atomic E-state index is 11.6. The SMILES string of the molecule is COc1ccc(Cl)cc1NCCC(=O)OC(C)(C)C. The Morgan fingerprint density at radius 2 is 2.05 bits per heavy atom. The molecule has 19 heavy (non-hydrogen) atoms. The molecule has 5 heteroatoms. The molecule has 0 saturated heterocycles. The summed E-state index contributed by atoms with van der Waals surface area (Å²) >= 11 is 5.92. The molecule has 0 atom stereocenters. The lowest BCUT2D eigenvalue weighted by Gasteiger charge is -2.19. The summed E-state index contributed by atoms with van der Waals surface area (Å²) in [5.41, 5.74) is 0.309. The maximum Gasteiger partial charge on any atom is 0.308 e. The molecule has 1 N–H and O–H groups in total. The molecule has 0 heterocycles. The highest BCUT2D eigenvalue weighted by atomic mass is 35.5. The molecule has 1 aromatic carbocycles. The second-order valence-corrected chi connectivity index (χ2v) is 5.54. The van der Waals surface area contributed by atoms with Crippen molar-refractivity contribution in [2.75, 3.05) is 19.0 Å². The van der Waals surface area contributed by atoms with Gasteiger partial charge in [-0.3, -0.25) is 4.79 Å². The van der Waals surface area contributed by atoms with E-state index in [0.717, 1.165) is 5.69 Å². The van der Waals surface area contributed by atoms with Crippen LogP contribution in [0.1, 0.15) is 27.2 Å². The Morgan fingerprint density at radius 3 is 2.63 bits per heavy atom. The summed E-state index contributed by atoms with van der Waals surface area (Å²) < 4.78 is 10.4. The van der Waals surface area contributed by atoms with Crippen LogP contribution in [0.4, 0.5) is 5.69 Å². The van der Waals surface area contributed by atoms with E-state index < -0.39 is 5.60 Å². The van der Waals surface area contributed by atoms with Crippen LogP contribution in [0.3, 0.4) is 0 Å². The van der Waals surface area contributed by atoms with Gasteiger partial charge in [-0.1, -0.05) is 11.6 Å². The van der Waals surface area contributed by atoms with Gasteiger partial charge in [0.1, 0.15) is 11.4 Å². The minimum atomic E-state index is -0.454. The Hall–Kier alpha value is -1.42. The van der Waals surface area contributed by atoms with Crippen LogP contribution >= 0.6 is 11.6 Å². The summed E-state index contributed by atoms with van der Waals surface area (Å²) in [6, 6.07) is 5.28. The van der Waals surface area contributed by atoms with E-state index in [1.54, 1.807) is 25.3 Å². The number of halogens is 1. The van der Waals surface area contributed by atoms with Crippen molar-refractivity contribution < 1.29 is 14.3 Å². The van der Waals surface area contributed by atoms with Crippen molar-refractivity contribution in [3.05, 3.63) is 23.2 Å². The third-order valence-electron chi connectivity index (χ3n) is 2.23. The van der Waals surface area contributed by atoms with Crippen molar-refractivity contribution in [3.8, 4) is 5.75 Å². The Balaban J connectivity index is 2.49. The Labute approximate surface area is 119 Å². The van der Waals surface area contributed by atoms with E-state index in [1.807, 2.05) is 20.8 Å². The lowest BCUT2D eigenvalue weighted by atomic mass is 10.2. The average Bonchev–Trinajstić information content (AvgIpc) is 2.27. The first-order valence-electron chi connectivity index (χ1n) is 6.11. The molecule has 0 aromatic heterocycles. The number of nitrogens with one attached hydrogen (secondary N) is 1. The van der Waals surface area contributed by atoms with E-state index in [4.69, 9.17) is 21.1 Å². The first kappa shape index (κ1) is 15.6. The predicted octanol–water partition coefficient (Wildman–Crippen LogP) is 3.49. The number of benzene rings is 1. The third-order valence-corrected chi connectivity index (χ3v) is 2.46. The van der Waals surface area contributed by atoms with Crippen molar-refractivity contribution in [1.29, 1.82) is 0 Å². The first-order valence-corrected chi connectivity index (χ1v) is 6.49. The lowest BCUT2D eigenvalue weighted by Crippen LogP contribution is -2.25. The molecule has 0 radical (unpaired) electrons. The van der Waals surface area contributed by atoms with Crippen molar-refractivity contribution in [3.63, 3.8) is 0 Å². The van der Waals surface area contributed by atoms with Crippen LogP contribution in [-0.2, 0) is 9.53 Å². The summed E-state index contributed by atoms with van der Waals surface area (Å²) in [4.78, 5) is 11.6. The van der Waals surface area contributed by atoms with Crippen LogP contribution < -0.4 is 10.1 Å². The highest BCUT2D eigenvalue weighted by molar-refractivity contribution is 6.30. The standard InChI is InChI=1S/C14H20ClNO3/c1-14(2,3)19-13(17)7-8-16-11-9-10(15)5-6-12(11)18-4/h5-6,9,16H,7-8H2,1-4H3. The zero-order chi connectivity index (χ0) is 14.5. The molecule has 0 aliphatic rings. The van der Waals surface area contributed by atoms with Gasteiger partial charge in [-0.15, -0.1) is 0 Å². The van der Waals surface area contributed by atoms with Crippen molar-refractivity contribution in [1.82, 2.24) is 0 Å². The third kappa shape index (κ3) is 5.83. The summed E-state index contributed by atoms with van der Waals surface area (Å²) in [5, 5.41) is 3.72. The molecule has 0 unspecified atom stereocenters. The summed E-state index contributed by atoms with van der Waals surface area (Å²) in [6.45, 7) is 6.00. The second-order valence-electron chi connectivity index (χ2n) is 5.11. The molecule has 106 valence electrons. The van der Waals surface area contributed by atoms with Gasteiger partial charge in [0.15, 0.2) is 0 Å². The minimum absolute atomic E-state index is 0.235. The van der Waals surface area contributed by atoms with Gasteiger partial charge in [0, 0.05) is 11.6 Å². The molecule has 0 amide bonds. The second kappa shape index (κ2) is 6.66. The van der Waals surface area contributed by atoms with Gasteiger partial charge < -0.3 is 14.8 Å². The quantitative estimate of drug-likeness (QED) is 0.841. The Bertz CT molecular complexity index is 441. The number of carbonyl (C=O) groups excluding carboxylic acids is 1. The van der Waals surface area contributed by atoms with Crippen LogP contribution in [0.5, 0.6) is 5.75 Å². The maximum atomic E-state index is 11.6. The van der Waals surface area contributed by atoms with Gasteiger partial charge in [0.25, 0.3) is 0 Å². The first-order chi connectivity index (χ1) is 8.81. The molecule has 0 saturated carbocycles. The number of methoxy groups -OCH3 is 1. The van der Waals surface area contributed by atoms with E-state index in [9.17, 15) is 4.79 Å². The highest BCUT2D eigenvalue weighted by Crippen LogP contribution is 2.27. The number of anilines is 1. The molecular weight excluding hydrogens is 266 g/mol. The van der Waals surface area contributed by atoms with Crippen molar-refractivity contribution in [2.45, 2.75) is 32.8 Å². The molecule has 0 fully saturated rings. The average molecular weight is 286 g/mol. The molecule has 0 aliphatic heterocycles. The number of hydrogen-bond donors (Lipinski definition) is 1. The van der Waals surface area contributed by atoms with Crippen LogP contribution in [0.25, 0.3) is 0 Å². The van der Waals surface area contributed by atoms with Gasteiger partial charge >= 0.3 is 5.97 Å². The smallest absolute Gasteiger partial charge is 0.308 e. The fourth-order valence-corrected chi connectivity index (χ4v) is 1.68. The van der Waals surface area contributed by atoms with Crippen LogP contribution in [0.15, 0.2) is 18.2 Å². The normalized spacial score (nSPS) is 11.0. The van der Waals surface area contributed by atoms with Gasteiger partial charge in [-0.2, -0.15) is 0 Å². The zero-order valence-electron chi connectivity index (χ0n) is 11.7. The molecule has 0 spiro atoms. The van der Waals surface area contributed by atoms with Gasteiger partial charge in [0.05, 0.1) is 19.2 Å². The highest BCUT2D eigenvalue weighted by Gasteiger charge is 2.15. The van der Waals surface area contributed by atoms with Gasteiger partial charge in [-0.25, -0.2) is 0 Å². The summed E-state index contributed by atoms with van der Waals surface area (Å²) in [6.07, 6.45) is 0.285. The van der Waals surface area contributed by atoms with Gasteiger partial charge in [0.2, 0.25) is 0 Å². The van der Waals surface area contributed by atoms with E-state index in [2.05, 4.69) is 5.32 Å². The fourth-order valence-electron chi connectivity index (χ4n) is 1.51. The van der Waals surface area contributed by atoms with Crippen LogP contribution in [0.2, 0.25) is 5.02 Å². The lowest BCUT2D eigenvalue weighted by molar-refractivity contribution is -0.154. The largest absolute Gasteiger partial charge is 0.495 e. The Morgan fingerprint density at radius 1 is 1.37 bits per heavy atom. The van der Waals surface area contributed by atoms with Gasteiger partial charge in [-0.05, 0) is 39.0 Å². The van der Waals surface area contributed by atoms with E-state index in [-0.39, 0.29) is 12.4 Å². The number of carbonyl (C=O) groups is 1. The van der Waals surface area contributed by atoms with Crippen molar-refractivity contribution >= 4 is 23.3 Å². The number of ether oxygens (including phenoxy) is 2. The number of hydrogen-bond acceptors (Lipinski definition) is 4. The molecule has 0 bridgehead atoms. The van der Waals surface area contributed by atoms with E-state index in [1.165, 1.54) is 0 Å². The summed E-state index contributed by atoms with van der Waals surface area (Å²) in [7, 11) is 1.59. The van der Waals surface area contributed by atoms with Crippen LogP contribution in [-0.4, -0.2) is 25.2 Å². The van der Waals surface area contributed by atoms with Crippen molar-refractivity contribution in [2.24, 2.45) is 0 Å². The molecule has 1 rings (SSSR count). The predicted molar refractivity (Wildman–Crippen MR) is 77.0 cm³/mol. The summed E-state index contributed by atoms with van der Waals surface area (Å²) in [5.74, 6) is 0.453. The molecular formula is C14H20ClNO3. The Kier molecular flexibility index (Phi) is 5.48. The van der Waals surface area contributed by atoms with E-state index >= 15 is 0 Å². The monoisotopic (exact) mass is 285 g/mol. The minimum Gasteiger partial charge on any atom is -0.495 e. The molecule has 4 nitrogen and oxygen atoms in total. The topological polar surface area (TPSA) is 47.6 Å². The number of rotatable bonds is 5. The fraction of sp³-hybridized carbons (Fsp3) is 0.500.